The van der Waals surface area contributed by atoms with Crippen molar-refractivity contribution in [3.8, 4) is 11.8 Å². The summed E-state index contributed by atoms with van der Waals surface area (Å²) in [7, 11) is 1.67. The molecule has 3 nitrogen and oxygen atoms in total. The Morgan fingerprint density at radius 1 is 1.47 bits per heavy atom. The third-order valence-electron chi connectivity index (χ3n) is 3.37. The summed E-state index contributed by atoms with van der Waals surface area (Å²) in [5.74, 6) is 2.14. The Morgan fingerprint density at radius 2 is 2.37 bits per heavy atom. The fourth-order valence-electron chi connectivity index (χ4n) is 2.32. The van der Waals surface area contributed by atoms with E-state index in [9.17, 15) is 0 Å². The molecule has 1 aromatic rings. The van der Waals surface area contributed by atoms with Gasteiger partial charge in [0, 0.05) is 23.9 Å². The van der Waals surface area contributed by atoms with Crippen LogP contribution in [0.5, 0.6) is 5.75 Å². The summed E-state index contributed by atoms with van der Waals surface area (Å²) in [5.41, 5.74) is 1.74. The summed E-state index contributed by atoms with van der Waals surface area (Å²) in [6, 6.07) is 7.73. The van der Waals surface area contributed by atoms with Gasteiger partial charge in [0.15, 0.2) is 0 Å². The lowest BCUT2D eigenvalue weighted by Gasteiger charge is -2.21. The molecule has 1 aliphatic heterocycles. The van der Waals surface area contributed by atoms with Gasteiger partial charge in [0.1, 0.15) is 5.75 Å². The van der Waals surface area contributed by atoms with E-state index in [1.54, 1.807) is 13.2 Å². The van der Waals surface area contributed by atoms with Gasteiger partial charge in [-0.1, -0.05) is 6.42 Å². The third kappa shape index (κ3) is 4.15. The van der Waals surface area contributed by atoms with Crippen molar-refractivity contribution in [1.29, 1.82) is 5.26 Å². The first-order valence-corrected chi connectivity index (χ1v) is 7.77. The van der Waals surface area contributed by atoms with Crippen molar-refractivity contribution in [2.75, 3.05) is 19.4 Å². The van der Waals surface area contributed by atoms with E-state index in [1.807, 2.05) is 12.1 Å². The Labute approximate surface area is 119 Å². The number of rotatable bonds is 5. The number of hydrogen-bond acceptors (Lipinski definition) is 4. The molecule has 0 bridgehead atoms. The number of benzene rings is 1. The summed E-state index contributed by atoms with van der Waals surface area (Å²) in [6.07, 6.45) is 4.03. The van der Waals surface area contributed by atoms with Gasteiger partial charge in [-0.2, -0.15) is 17.0 Å². The maximum absolute atomic E-state index is 8.94. The van der Waals surface area contributed by atoms with Gasteiger partial charge in [-0.25, -0.2) is 0 Å². The number of methoxy groups -OCH3 is 1. The minimum atomic E-state index is 0.685. The largest absolute Gasteiger partial charge is 0.496 e. The van der Waals surface area contributed by atoms with Crippen LogP contribution >= 0.6 is 11.8 Å². The van der Waals surface area contributed by atoms with Gasteiger partial charge in [-0.05, 0) is 36.8 Å². The normalized spacial score (nSPS) is 18.8. The van der Waals surface area contributed by atoms with Crippen LogP contribution in [0.4, 0.5) is 0 Å². The second-order valence-corrected chi connectivity index (χ2v) is 6.17. The van der Waals surface area contributed by atoms with Crippen LogP contribution in [0, 0.1) is 11.3 Å². The van der Waals surface area contributed by atoms with Gasteiger partial charge in [0.25, 0.3) is 0 Å². The van der Waals surface area contributed by atoms with Crippen molar-refractivity contribution in [2.24, 2.45) is 0 Å². The fraction of sp³-hybridized carbons (Fsp3) is 0.533. The Balaban J connectivity index is 1.89. The molecule has 102 valence electrons. The number of nitrogens with zero attached hydrogens (tertiary/aromatic N) is 1. The summed E-state index contributed by atoms with van der Waals surface area (Å²) in [5, 5.41) is 13.2. The highest BCUT2D eigenvalue weighted by molar-refractivity contribution is 7.99. The molecule has 1 N–H and O–H groups in total. The zero-order valence-corrected chi connectivity index (χ0v) is 12.1. The second kappa shape index (κ2) is 7.42. The summed E-state index contributed by atoms with van der Waals surface area (Å²) in [6.45, 7) is 1.79. The molecule has 0 aromatic heterocycles. The molecule has 19 heavy (non-hydrogen) atoms. The summed E-state index contributed by atoms with van der Waals surface area (Å²) >= 11 is 2.07. The number of nitrogens with one attached hydrogen (secondary N) is 1. The lowest BCUT2D eigenvalue weighted by molar-refractivity contribution is 0.407. The van der Waals surface area contributed by atoms with Crippen LogP contribution in [0.1, 0.15) is 30.4 Å². The molecule has 1 saturated heterocycles. The zero-order chi connectivity index (χ0) is 13.5. The highest BCUT2D eigenvalue weighted by Crippen LogP contribution is 2.25. The van der Waals surface area contributed by atoms with Crippen molar-refractivity contribution in [3.63, 3.8) is 0 Å². The highest BCUT2D eigenvalue weighted by Gasteiger charge is 2.13. The Kier molecular flexibility index (Phi) is 5.56. The van der Waals surface area contributed by atoms with Gasteiger partial charge in [0.05, 0.1) is 18.7 Å². The number of thioether (sulfide) groups is 1. The lowest BCUT2D eigenvalue weighted by Crippen LogP contribution is -2.26. The predicted molar refractivity (Wildman–Crippen MR) is 79.5 cm³/mol. The van der Waals surface area contributed by atoms with Crippen LogP contribution in [-0.4, -0.2) is 24.7 Å². The average Bonchev–Trinajstić information content (AvgIpc) is 2.48. The average molecular weight is 276 g/mol. The zero-order valence-electron chi connectivity index (χ0n) is 11.3. The van der Waals surface area contributed by atoms with E-state index < -0.39 is 0 Å². The molecule has 1 fully saturated rings. The van der Waals surface area contributed by atoms with Gasteiger partial charge in [-0.15, -0.1) is 0 Å². The van der Waals surface area contributed by atoms with Crippen molar-refractivity contribution in [3.05, 3.63) is 29.3 Å². The van der Waals surface area contributed by atoms with E-state index in [-0.39, 0.29) is 0 Å². The van der Waals surface area contributed by atoms with E-state index in [0.717, 1.165) is 29.7 Å². The van der Waals surface area contributed by atoms with Gasteiger partial charge < -0.3 is 10.1 Å². The molecule has 4 heteroatoms. The highest BCUT2D eigenvalue weighted by atomic mass is 32.2. The minimum absolute atomic E-state index is 0.685. The van der Waals surface area contributed by atoms with Gasteiger partial charge in [0.2, 0.25) is 0 Å². The molecular formula is C15H20N2OS. The molecule has 2 rings (SSSR count). The molecule has 1 heterocycles. The molecule has 0 spiro atoms. The molecule has 0 saturated carbocycles. The van der Waals surface area contributed by atoms with Crippen LogP contribution in [-0.2, 0) is 6.54 Å². The molecule has 0 amide bonds. The number of hydrogen-bond donors (Lipinski definition) is 1. The van der Waals surface area contributed by atoms with Crippen LogP contribution in [0.25, 0.3) is 0 Å². The first kappa shape index (κ1) is 14.2. The van der Waals surface area contributed by atoms with Crippen LogP contribution in [0.15, 0.2) is 18.2 Å². The molecule has 0 radical (unpaired) electrons. The smallest absolute Gasteiger partial charge is 0.123 e. The van der Waals surface area contributed by atoms with Crippen molar-refractivity contribution in [2.45, 2.75) is 31.1 Å². The Bertz CT molecular complexity index is 450. The standard InChI is InChI=1S/C15H20N2OS/c1-18-15-6-5-12(9-16)8-13(15)10-17-11-14-4-2-3-7-19-14/h5-6,8,14,17H,2-4,7,10-11H2,1H3. The Morgan fingerprint density at radius 3 is 3.05 bits per heavy atom. The molecule has 1 aliphatic rings. The lowest BCUT2D eigenvalue weighted by atomic mass is 10.1. The maximum atomic E-state index is 8.94. The number of nitriles is 1. The minimum Gasteiger partial charge on any atom is -0.496 e. The van der Waals surface area contributed by atoms with Gasteiger partial charge >= 0.3 is 0 Å². The van der Waals surface area contributed by atoms with E-state index in [4.69, 9.17) is 10.00 Å². The van der Waals surface area contributed by atoms with E-state index in [1.165, 1.54) is 25.0 Å². The van der Waals surface area contributed by atoms with Gasteiger partial charge in [-0.3, -0.25) is 0 Å². The van der Waals surface area contributed by atoms with Crippen molar-refractivity contribution >= 4 is 11.8 Å². The van der Waals surface area contributed by atoms with Crippen LogP contribution in [0.2, 0.25) is 0 Å². The van der Waals surface area contributed by atoms with Crippen LogP contribution in [0.3, 0.4) is 0 Å². The molecule has 0 aliphatic carbocycles. The topological polar surface area (TPSA) is 45.0 Å². The second-order valence-electron chi connectivity index (χ2n) is 4.76. The molecule has 1 atom stereocenters. The SMILES string of the molecule is COc1ccc(C#N)cc1CNCC1CCCCS1. The fourth-order valence-corrected chi connectivity index (χ4v) is 3.60. The quantitative estimate of drug-likeness (QED) is 0.898. The molecule has 1 aromatic carbocycles. The van der Waals surface area contributed by atoms with Crippen molar-refractivity contribution in [1.82, 2.24) is 5.32 Å². The molecular weight excluding hydrogens is 256 g/mol. The van der Waals surface area contributed by atoms with E-state index in [2.05, 4.69) is 23.1 Å². The van der Waals surface area contributed by atoms with E-state index in [0.29, 0.717) is 5.56 Å². The summed E-state index contributed by atoms with van der Waals surface area (Å²) in [4.78, 5) is 0. The Hall–Kier alpha value is -1.18. The van der Waals surface area contributed by atoms with Crippen molar-refractivity contribution < 1.29 is 4.74 Å². The molecule has 1 unspecified atom stereocenters. The maximum Gasteiger partial charge on any atom is 0.123 e. The monoisotopic (exact) mass is 276 g/mol. The first-order chi connectivity index (χ1) is 9.33. The first-order valence-electron chi connectivity index (χ1n) is 6.73. The third-order valence-corrected chi connectivity index (χ3v) is 4.77. The van der Waals surface area contributed by atoms with E-state index >= 15 is 0 Å². The van der Waals surface area contributed by atoms with Crippen LogP contribution < -0.4 is 10.1 Å². The number of ether oxygens (including phenoxy) is 1. The predicted octanol–water partition coefficient (Wildman–Crippen LogP) is 2.94. The summed E-state index contributed by atoms with van der Waals surface area (Å²) < 4.78 is 5.33.